The first kappa shape index (κ1) is 14.3. The molecule has 1 heterocycles. The Morgan fingerprint density at radius 1 is 1.35 bits per heavy atom. The van der Waals surface area contributed by atoms with Gasteiger partial charge in [0.05, 0.1) is 13.3 Å². The molecule has 0 atom stereocenters. The molecule has 4 nitrogen and oxygen atoms in total. The van der Waals surface area contributed by atoms with Crippen molar-refractivity contribution in [1.29, 1.82) is 0 Å². The highest BCUT2D eigenvalue weighted by molar-refractivity contribution is 5.47. The second-order valence-electron chi connectivity index (χ2n) is 4.55. The Labute approximate surface area is 118 Å². The maximum Gasteiger partial charge on any atom is 0.141 e. The number of benzene rings is 1. The number of methoxy groups -OCH3 is 1. The third-order valence-electron chi connectivity index (χ3n) is 3.04. The van der Waals surface area contributed by atoms with E-state index in [1.54, 1.807) is 7.11 Å². The molecule has 0 aliphatic carbocycles. The highest BCUT2D eigenvalue weighted by Crippen LogP contribution is 2.20. The van der Waals surface area contributed by atoms with Crippen LogP contribution in [-0.4, -0.2) is 19.1 Å². The summed E-state index contributed by atoms with van der Waals surface area (Å²) in [4.78, 5) is 6.07. The Balaban J connectivity index is 2.21. The third kappa shape index (κ3) is 3.24. The molecule has 1 aromatic carbocycles. The monoisotopic (exact) mass is 275 g/mol. The van der Waals surface area contributed by atoms with Gasteiger partial charge in [0.25, 0.3) is 0 Å². The van der Waals surface area contributed by atoms with E-state index in [1.807, 2.05) is 36.2 Å². The standard InChI is InChI=1S/C15H18FN3O/c1-19(10-11-4-3-5-14(6-11)20-2)15-12(8-17)7-13(16)9-18-15/h3-7,9H,8,10,17H2,1-2H3. The maximum atomic E-state index is 13.2. The van der Waals surface area contributed by atoms with Crippen LogP contribution in [0.15, 0.2) is 36.5 Å². The fourth-order valence-corrected chi connectivity index (χ4v) is 2.09. The fraction of sp³-hybridized carbons (Fsp3) is 0.267. The lowest BCUT2D eigenvalue weighted by Crippen LogP contribution is -2.20. The van der Waals surface area contributed by atoms with Crippen LogP contribution in [0, 0.1) is 5.82 Å². The van der Waals surface area contributed by atoms with Crippen LogP contribution < -0.4 is 15.4 Å². The molecule has 0 aliphatic rings. The molecule has 2 N–H and O–H groups in total. The van der Waals surface area contributed by atoms with Gasteiger partial charge in [0.2, 0.25) is 0 Å². The summed E-state index contributed by atoms with van der Waals surface area (Å²) in [6.45, 7) is 0.894. The van der Waals surface area contributed by atoms with Gasteiger partial charge in [-0.05, 0) is 23.8 Å². The highest BCUT2D eigenvalue weighted by atomic mass is 19.1. The van der Waals surface area contributed by atoms with Gasteiger partial charge in [-0.3, -0.25) is 0 Å². The zero-order valence-electron chi connectivity index (χ0n) is 11.6. The van der Waals surface area contributed by atoms with Crippen LogP contribution in [0.1, 0.15) is 11.1 Å². The largest absolute Gasteiger partial charge is 0.497 e. The molecule has 0 unspecified atom stereocenters. The molecule has 2 rings (SSSR count). The summed E-state index contributed by atoms with van der Waals surface area (Å²) < 4.78 is 18.4. The van der Waals surface area contributed by atoms with Crippen LogP contribution in [0.2, 0.25) is 0 Å². The van der Waals surface area contributed by atoms with Gasteiger partial charge in [-0.1, -0.05) is 12.1 Å². The Morgan fingerprint density at radius 3 is 2.85 bits per heavy atom. The smallest absolute Gasteiger partial charge is 0.141 e. The maximum absolute atomic E-state index is 13.2. The van der Waals surface area contributed by atoms with Gasteiger partial charge in [0.15, 0.2) is 0 Å². The quantitative estimate of drug-likeness (QED) is 0.910. The van der Waals surface area contributed by atoms with Crippen LogP contribution in [0.3, 0.4) is 0 Å². The van der Waals surface area contributed by atoms with Gasteiger partial charge in [-0.25, -0.2) is 9.37 Å². The van der Waals surface area contributed by atoms with E-state index in [0.29, 0.717) is 17.9 Å². The average molecular weight is 275 g/mol. The van der Waals surface area contributed by atoms with Crippen molar-refractivity contribution < 1.29 is 9.13 Å². The van der Waals surface area contributed by atoms with Gasteiger partial charge < -0.3 is 15.4 Å². The first-order valence-corrected chi connectivity index (χ1v) is 6.32. The number of halogens is 1. The lowest BCUT2D eigenvalue weighted by Gasteiger charge is -2.21. The molecule has 5 heteroatoms. The summed E-state index contributed by atoms with van der Waals surface area (Å²) in [5.74, 6) is 1.13. The molecule has 106 valence electrons. The van der Waals surface area contributed by atoms with Gasteiger partial charge >= 0.3 is 0 Å². The normalized spacial score (nSPS) is 10.4. The number of pyridine rings is 1. The van der Waals surface area contributed by atoms with Gasteiger partial charge in [0, 0.05) is 25.7 Å². The second kappa shape index (κ2) is 6.34. The van der Waals surface area contributed by atoms with E-state index < -0.39 is 0 Å². The number of hydrogen-bond donors (Lipinski definition) is 1. The summed E-state index contributed by atoms with van der Waals surface area (Å²) in [5.41, 5.74) is 7.42. The Kier molecular flexibility index (Phi) is 4.53. The van der Waals surface area contributed by atoms with Crippen molar-refractivity contribution in [2.75, 3.05) is 19.1 Å². The first-order valence-electron chi connectivity index (χ1n) is 6.32. The number of nitrogens with zero attached hydrogens (tertiary/aromatic N) is 2. The Hall–Kier alpha value is -2.14. The minimum Gasteiger partial charge on any atom is -0.497 e. The lowest BCUT2D eigenvalue weighted by molar-refractivity contribution is 0.414. The number of ether oxygens (including phenoxy) is 1. The van der Waals surface area contributed by atoms with Crippen molar-refractivity contribution in [2.24, 2.45) is 5.73 Å². The van der Waals surface area contributed by atoms with E-state index in [1.165, 1.54) is 12.3 Å². The van der Waals surface area contributed by atoms with E-state index in [-0.39, 0.29) is 12.4 Å². The van der Waals surface area contributed by atoms with Crippen molar-refractivity contribution in [3.63, 3.8) is 0 Å². The Morgan fingerprint density at radius 2 is 2.15 bits per heavy atom. The Bertz CT molecular complexity index is 589. The average Bonchev–Trinajstić information content (AvgIpc) is 2.47. The SMILES string of the molecule is COc1cccc(CN(C)c2ncc(F)cc2CN)c1. The molecule has 0 saturated carbocycles. The molecule has 0 spiro atoms. The molecular weight excluding hydrogens is 257 g/mol. The van der Waals surface area contributed by atoms with Gasteiger partial charge in [0.1, 0.15) is 17.4 Å². The molecule has 2 aromatic rings. The van der Waals surface area contributed by atoms with Gasteiger partial charge in [-0.15, -0.1) is 0 Å². The minimum atomic E-state index is -0.371. The van der Waals surface area contributed by atoms with Crippen molar-refractivity contribution in [1.82, 2.24) is 4.98 Å². The fourth-order valence-electron chi connectivity index (χ4n) is 2.09. The van der Waals surface area contributed by atoms with Crippen molar-refractivity contribution in [2.45, 2.75) is 13.1 Å². The first-order chi connectivity index (χ1) is 9.63. The van der Waals surface area contributed by atoms with Crippen LogP contribution in [0.4, 0.5) is 10.2 Å². The highest BCUT2D eigenvalue weighted by Gasteiger charge is 2.10. The number of aromatic nitrogens is 1. The number of nitrogens with two attached hydrogens (primary N) is 1. The topological polar surface area (TPSA) is 51.4 Å². The number of rotatable bonds is 5. The van der Waals surface area contributed by atoms with E-state index >= 15 is 0 Å². The summed E-state index contributed by atoms with van der Waals surface area (Å²) >= 11 is 0. The van der Waals surface area contributed by atoms with E-state index in [4.69, 9.17) is 10.5 Å². The van der Waals surface area contributed by atoms with Crippen LogP contribution in [-0.2, 0) is 13.1 Å². The molecule has 20 heavy (non-hydrogen) atoms. The molecule has 0 bridgehead atoms. The zero-order chi connectivity index (χ0) is 14.5. The predicted molar refractivity (Wildman–Crippen MR) is 77.2 cm³/mol. The van der Waals surface area contributed by atoms with Crippen molar-refractivity contribution >= 4 is 5.82 Å². The second-order valence-corrected chi connectivity index (χ2v) is 4.55. The summed E-state index contributed by atoms with van der Waals surface area (Å²) in [6, 6.07) is 9.21. The van der Waals surface area contributed by atoms with Crippen LogP contribution >= 0.6 is 0 Å². The summed E-state index contributed by atoms with van der Waals surface area (Å²) in [6.07, 6.45) is 1.20. The third-order valence-corrected chi connectivity index (χ3v) is 3.04. The molecule has 0 saturated heterocycles. The predicted octanol–water partition coefficient (Wildman–Crippen LogP) is 2.32. The van der Waals surface area contributed by atoms with Crippen LogP contribution in [0.5, 0.6) is 5.75 Å². The molecule has 0 radical (unpaired) electrons. The lowest BCUT2D eigenvalue weighted by atomic mass is 10.2. The van der Waals surface area contributed by atoms with Gasteiger partial charge in [-0.2, -0.15) is 0 Å². The van der Waals surface area contributed by atoms with E-state index in [0.717, 1.165) is 11.3 Å². The van der Waals surface area contributed by atoms with Crippen molar-refractivity contribution in [3.05, 3.63) is 53.5 Å². The van der Waals surface area contributed by atoms with Crippen molar-refractivity contribution in [3.8, 4) is 5.75 Å². The van der Waals surface area contributed by atoms with E-state index in [2.05, 4.69) is 4.98 Å². The molecule has 0 fully saturated rings. The minimum absolute atomic E-state index is 0.253. The molecule has 1 aromatic heterocycles. The summed E-state index contributed by atoms with van der Waals surface area (Å²) in [7, 11) is 3.54. The molecule has 0 amide bonds. The molecule has 0 aliphatic heterocycles. The number of hydrogen-bond acceptors (Lipinski definition) is 4. The molecular formula is C15H18FN3O. The number of anilines is 1. The summed E-state index contributed by atoms with van der Waals surface area (Å²) in [5, 5.41) is 0. The van der Waals surface area contributed by atoms with Crippen LogP contribution in [0.25, 0.3) is 0 Å². The van der Waals surface area contributed by atoms with E-state index in [9.17, 15) is 4.39 Å². The zero-order valence-corrected chi connectivity index (χ0v) is 11.6.